The Hall–Kier alpha value is -1.10. The molecule has 0 aliphatic heterocycles. The highest BCUT2D eigenvalue weighted by atomic mass is 31.2. The zero-order valence-electron chi connectivity index (χ0n) is 14.1. The van der Waals surface area contributed by atoms with Crippen molar-refractivity contribution in [3.05, 3.63) is 35.5 Å². The first-order valence-electron chi connectivity index (χ1n) is 7.31. The minimum Gasteiger partial charge on any atom is -0.444 e. The van der Waals surface area contributed by atoms with Gasteiger partial charge in [0.2, 0.25) is 13.6 Å². The monoisotopic (exact) mass is 343 g/mol. The van der Waals surface area contributed by atoms with Crippen molar-refractivity contribution < 1.29 is 18.5 Å². The van der Waals surface area contributed by atoms with Crippen molar-refractivity contribution in [2.75, 3.05) is 7.11 Å². The molecule has 0 saturated heterocycles. The van der Waals surface area contributed by atoms with Gasteiger partial charge in [-0.05, 0) is 18.1 Å². The predicted octanol–water partition coefficient (Wildman–Crippen LogP) is 3.61. The third-order valence-electron chi connectivity index (χ3n) is 3.10. The highest BCUT2D eigenvalue weighted by Crippen LogP contribution is 2.51. The molecule has 22 heavy (non-hydrogen) atoms. The zero-order chi connectivity index (χ0) is 17.0. The van der Waals surface area contributed by atoms with E-state index in [4.69, 9.17) is 9.05 Å². The third-order valence-corrected chi connectivity index (χ3v) is 6.90. The van der Waals surface area contributed by atoms with Crippen LogP contribution in [0, 0.1) is 11.1 Å². The lowest BCUT2D eigenvalue weighted by atomic mass is 10.1. The van der Waals surface area contributed by atoms with Gasteiger partial charge >= 0.3 is 0 Å². The van der Waals surface area contributed by atoms with Crippen molar-refractivity contribution in [2.45, 2.75) is 39.1 Å². The van der Waals surface area contributed by atoms with E-state index in [1.807, 2.05) is 51.7 Å². The zero-order valence-corrected chi connectivity index (χ0v) is 16.0. The fraction of sp³-hybridized carbons (Fsp3) is 0.533. The van der Waals surface area contributed by atoms with Crippen LogP contribution in [0.5, 0.6) is 0 Å². The second kappa shape index (κ2) is 7.44. The van der Waals surface area contributed by atoms with Gasteiger partial charge in [0.25, 0.3) is 0 Å². The largest absolute Gasteiger partial charge is 0.444 e. The molecule has 0 aliphatic rings. The summed E-state index contributed by atoms with van der Waals surface area (Å²) in [5.74, 6) is -0.0346. The fourth-order valence-electron chi connectivity index (χ4n) is 2.11. The van der Waals surface area contributed by atoms with Gasteiger partial charge in [-0.15, -0.1) is 0 Å². The molecule has 2 atom stereocenters. The Morgan fingerprint density at radius 1 is 1.23 bits per heavy atom. The summed E-state index contributed by atoms with van der Waals surface area (Å²) in [4.78, 5) is 0.464. The third kappa shape index (κ3) is 4.97. The molecule has 0 aliphatic carbocycles. The fourth-order valence-corrected chi connectivity index (χ4v) is 5.17. The quantitative estimate of drug-likeness (QED) is 0.249. The van der Waals surface area contributed by atoms with Crippen LogP contribution in [0.1, 0.15) is 13.8 Å². The molecule has 124 valence electrons. The van der Waals surface area contributed by atoms with Gasteiger partial charge in [0.1, 0.15) is 5.66 Å². The smallest absolute Gasteiger partial charge is 0.245 e. The van der Waals surface area contributed by atoms with Crippen LogP contribution < -0.4 is 5.30 Å². The van der Waals surface area contributed by atoms with E-state index in [2.05, 4.69) is 0 Å². The van der Waals surface area contributed by atoms with Crippen LogP contribution in [-0.4, -0.2) is 32.2 Å². The van der Waals surface area contributed by atoms with Crippen LogP contribution >= 0.6 is 7.37 Å². The van der Waals surface area contributed by atoms with Gasteiger partial charge in [-0.25, -0.2) is 0 Å². The van der Waals surface area contributed by atoms with Crippen molar-refractivity contribution in [1.82, 2.24) is 0 Å². The Bertz CT molecular complexity index is 554. The van der Waals surface area contributed by atoms with Crippen LogP contribution in [0.25, 0.3) is 0 Å². The van der Waals surface area contributed by atoms with E-state index in [-0.39, 0.29) is 5.92 Å². The first kappa shape index (κ1) is 18.9. The molecule has 0 N–H and O–H groups in total. The SMILES string of the molecule is COP(=O)(c1ccccc1)C(/C=[N+](\[O-])O[Si](C)(C)C)C(C)C. The number of benzene rings is 1. The molecular formula is C15H26NO4PSi. The molecule has 0 heterocycles. The number of nitrogens with zero attached hydrogens (tertiary/aromatic N) is 1. The summed E-state index contributed by atoms with van der Waals surface area (Å²) in [5, 5.41) is 12.7. The average molecular weight is 343 g/mol. The lowest BCUT2D eigenvalue weighted by Crippen LogP contribution is -2.34. The number of hydrogen-bond acceptors (Lipinski definition) is 4. The highest BCUT2D eigenvalue weighted by Gasteiger charge is 2.39. The molecule has 0 spiro atoms. The Morgan fingerprint density at radius 3 is 2.18 bits per heavy atom. The molecule has 1 rings (SSSR count). The van der Waals surface area contributed by atoms with Crippen molar-refractivity contribution in [3.63, 3.8) is 0 Å². The molecule has 7 heteroatoms. The summed E-state index contributed by atoms with van der Waals surface area (Å²) in [6.45, 7) is 9.59. The van der Waals surface area contributed by atoms with Gasteiger partial charge in [0.05, 0.1) is 0 Å². The molecule has 1 aromatic rings. The Labute approximate surface area is 134 Å². The second-order valence-corrected chi connectivity index (χ2v) is 13.6. The van der Waals surface area contributed by atoms with Crippen LogP contribution in [-0.2, 0) is 13.6 Å². The van der Waals surface area contributed by atoms with Gasteiger partial charge in [-0.1, -0.05) is 51.7 Å². The van der Waals surface area contributed by atoms with E-state index < -0.39 is 21.3 Å². The Kier molecular flexibility index (Phi) is 6.41. The maximum Gasteiger partial charge on any atom is 0.245 e. The van der Waals surface area contributed by atoms with Crippen LogP contribution in [0.15, 0.2) is 30.3 Å². The van der Waals surface area contributed by atoms with Crippen LogP contribution in [0.3, 0.4) is 0 Å². The number of hydrogen-bond donors (Lipinski definition) is 0. The maximum absolute atomic E-state index is 13.4. The van der Waals surface area contributed by atoms with Gasteiger partial charge < -0.3 is 9.05 Å². The normalized spacial score (nSPS) is 17.1. The lowest BCUT2D eigenvalue weighted by Gasteiger charge is -2.26. The van der Waals surface area contributed by atoms with Gasteiger partial charge in [0.15, 0.2) is 8.32 Å². The van der Waals surface area contributed by atoms with E-state index in [1.54, 1.807) is 12.1 Å². The van der Waals surface area contributed by atoms with Crippen molar-refractivity contribution >= 4 is 27.2 Å². The van der Waals surface area contributed by atoms with Gasteiger partial charge in [-0.3, -0.25) is 9.77 Å². The predicted molar refractivity (Wildman–Crippen MR) is 93.4 cm³/mol. The van der Waals surface area contributed by atoms with E-state index in [9.17, 15) is 9.77 Å². The molecule has 5 nitrogen and oxygen atoms in total. The molecule has 0 aromatic heterocycles. The van der Waals surface area contributed by atoms with Crippen molar-refractivity contribution in [3.8, 4) is 0 Å². The molecule has 0 saturated carbocycles. The first-order chi connectivity index (χ1) is 10.1. The number of rotatable bonds is 7. The highest BCUT2D eigenvalue weighted by molar-refractivity contribution is 7.68. The maximum atomic E-state index is 13.4. The minimum absolute atomic E-state index is 0.0346. The summed E-state index contributed by atoms with van der Waals surface area (Å²) in [5.41, 5.74) is -0.547. The van der Waals surface area contributed by atoms with E-state index in [0.717, 1.165) is 0 Å². The second-order valence-electron chi connectivity index (χ2n) is 6.49. The average Bonchev–Trinajstić information content (AvgIpc) is 2.43. The summed E-state index contributed by atoms with van der Waals surface area (Å²) in [6.07, 6.45) is 1.35. The molecule has 0 bridgehead atoms. The summed E-state index contributed by atoms with van der Waals surface area (Å²) in [7, 11) is -3.80. The minimum atomic E-state index is -3.20. The molecular weight excluding hydrogens is 317 g/mol. The molecule has 0 fully saturated rings. The topological polar surface area (TPSA) is 61.6 Å². The van der Waals surface area contributed by atoms with Gasteiger partial charge in [0, 0.05) is 17.3 Å². The molecule has 0 radical (unpaired) electrons. The van der Waals surface area contributed by atoms with E-state index >= 15 is 0 Å². The van der Waals surface area contributed by atoms with Gasteiger partial charge in [-0.2, -0.15) is 0 Å². The Morgan fingerprint density at radius 2 is 1.77 bits per heavy atom. The summed E-state index contributed by atoms with van der Waals surface area (Å²) >= 11 is 0. The Balaban J connectivity index is 3.23. The molecule has 1 aromatic carbocycles. The van der Waals surface area contributed by atoms with E-state index in [0.29, 0.717) is 10.2 Å². The lowest BCUT2D eigenvalue weighted by molar-refractivity contribution is -0.701. The summed E-state index contributed by atoms with van der Waals surface area (Å²) < 4.78 is 24.1. The van der Waals surface area contributed by atoms with E-state index in [1.165, 1.54) is 13.3 Å². The standard InChI is InChI=1S/C15H26NO4PSi/c1-13(2)15(12-16(17)20-22(4,5)6)21(18,19-3)14-10-8-7-9-11-14/h7-13,15H,1-6H3/b16-12+. The van der Waals surface area contributed by atoms with Crippen molar-refractivity contribution in [2.24, 2.45) is 5.92 Å². The van der Waals surface area contributed by atoms with Crippen LogP contribution in [0.4, 0.5) is 0 Å². The summed E-state index contributed by atoms with van der Waals surface area (Å²) in [6, 6.07) is 9.01. The first-order valence-corrected chi connectivity index (χ1v) is 12.4. The van der Waals surface area contributed by atoms with Crippen LogP contribution in [0.2, 0.25) is 19.6 Å². The van der Waals surface area contributed by atoms with Crippen molar-refractivity contribution in [1.29, 1.82) is 0 Å². The molecule has 2 unspecified atom stereocenters. The molecule has 0 amide bonds.